The van der Waals surface area contributed by atoms with Crippen LogP contribution in [0.4, 0.5) is 31.4 Å². The van der Waals surface area contributed by atoms with E-state index < -0.39 is 89.7 Å². The van der Waals surface area contributed by atoms with Crippen LogP contribution in [0.2, 0.25) is 5.02 Å². The number of fused-ring (bicyclic) bond motifs is 5. The maximum Gasteiger partial charge on any atom is 0.412 e. The number of alkyl carbamates (subject to hydrolysis) is 1. The third-order valence-electron chi connectivity index (χ3n) is 12.2. The van der Waals surface area contributed by atoms with Gasteiger partial charge in [-0.25, -0.2) is 14.4 Å². The third kappa shape index (κ3) is 13.2. The molecule has 20 nitrogen and oxygen atoms in total. The summed E-state index contributed by atoms with van der Waals surface area (Å²) in [6.07, 6.45) is 0.0295. The van der Waals surface area contributed by atoms with Gasteiger partial charge in [0.25, 0.3) is 0 Å². The van der Waals surface area contributed by atoms with Gasteiger partial charge in [0.05, 0.1) is 31.4 Å². The van der Waals surface area contributed by atoms with Gasteiger partial charge in [-0.1, -0.05) is 56.2 Å². The fourth-order valence-electron chi connectivity index (χ4n) is 8.11. The number of urea groups is 1. The Hall–Kier alpha value is -5.93. The van der Waals surface area contributed by atoms with E-state index in [-0.39, 0.29) is 42.4 Å². The molecule has 10 N–H and O–H groups in total. The van der Waals surface area contributed by atoms with Crippen LogP contribution in [-0.2, 0) is 39.8 Å². The summed E-state index contributed by atoms with van der Waals surface area (Å²) >= 11 is 6.79. The number of ether oxygens (including phenoxy) is 5. The zero-order chi connectivity index (χ0) is 49.4. The molecule has 5 rings (SSSR count). The average Bonchev–Trinajstić information content (AvgIpc) is 3.97. The summed E-state index contributed by atoms with van der Waals surface area (Å²) in [4.78, 5) is 79.6. The molecule has 21 heteroatoms. The predicted molar refractivity (Wildman–Crippen MR) is 249 cm³/mol. The van der Waals surface area contributed by atoms with Crippen molar-refractivity contribution in [3.05, 3.63) is 70.8 Å². The van der Waals surface area contributed by atoms with E-state index in [4.69, 9.17) is 46.8 Å². The minimum absolute atomic E-state index is 0.0916. The van der Waals surface area contributed by atoms with Crippen LogP contribution in [-0.4, -0.2) is 117 Å². The maximum absolute atomic E-state index is 14.3. The molecular formula is C46H63ClN8O12. The second-order valence-electron chi connectivity index (χ2n) is 17.6. The van der Waals surface area contributed by atoms with Gasteiger partial charge in [-0.15, -0.1) is 0 Å². The lowest BCUT2D eigenvalue weighted by Crippen LogP contribution is -2.63. The van der Waals surface area contributed by atoms with Crippen molar-refractivity contribution < 1.29 is 57.6 Å². The fraction of sp³-hybridized carbons (Fsp3) is 0.522. The van der Waals surface area contributed by atoms with Gasteiger partial charge in [0.15, 0.2) is 5.72 Å². The van der Waals surface area contributed by atoms with Crippen molar-refractivity contribution >= 4 is 64.6 Å². The number of rotatable bonds is 13. The van der Waals surface area contributed by atoms with Gasteiger partial charge in [-0.05, 0) is 81.0 Å². The molecule has 0 aliphatic carbocycles. The lowest BCUT2D eigenvalue weighted by atomic mass is 9.83. The first-order valence-corrected chi connectivity index (χ1v) is 22.3. The number of primary amides is 1. The summed E-state index contributed by atoms with van der Waals surface area (Å²) in [6, 6.07) is 7.03. The molecule has 67 heavy (non-hydrogen) atoms. The number of carbonyl (C=O) groups excluding carboxylic acids is 6. The molecule has 2 fully saturated rings. The highest BCUT2D eigenvalue weighted by Crippen LogP contribution is 2.49. The smallest absolute Gasteiger partial charge is 0.412 e. The Morgan fingerprint density at radius 2 is 1.75 bits per heavy atom. The van der Waals surface area contributed by atoms with Gasteiger partial charge in [0.1, 0.15) is 40.7 Å². The van der Waals surface area contributed by atoms with Gasteiger partial charge in [0, 0.05) is 44.4 Å². The standard InChI is InChI=1S/C46H63ClN8O12/c1-24(2)38(48)41(58)53-30(12-10-18-50-42(49)59)40(57)51-28-14-16-29(17-15-28)52-43(60)66-35-22-36(56)55(6)31-20-27(21-32(63-7)37(31)47)19-25(3)11-9-13-34(64-8)46(62)23-33(65-44(61)54-46)26(4)39-45(35,5)67-39/h9,11,13-17,20-21,24,26,30,33-35,38-39,62H,10,12,18-19,22-23,48H2,1-8H3,(H,51,57)(H,52,60)(H,53,58)(H,54,61)(H3,49,50,59)/b13-9+,25-11+/t26-,30+,33+,34-,35+,38+,39+,45+,46+/m1/s1. The monoisotopic (exact) mass is 954 g/mol. The summed E-state index contributed by atoms with van der Waals surface area (Å²) in [6.45, 7) is 9.09. The number of halogens is 1. The molecule has 3 aliphatic heterocycles. The normalized spacial score (nSPS) is 27.4. The Labute approximate surface area is 394 Å². The predicted octanol–water partition coefficient (Wildman–Crippen LogP) is 4.23. The summed E-state index contributed by atoms with van der Waals surface area (Å²) in [5, 5.41) is 25.1. The van der Waals surface area contributed by atoms with Crippen LogP contribution < -0.4 is 47.7 Å². The molecule has 3 heterocycles. The van der Waals surface area contributed by atoms with Crippen LogP contribution >= 0.6 is 11.6 Å². The molecule has 0 radical (unpaired) electrons. The first kappa shape index (κ1) is 52.0. The van der Waals surface area contributed by atoms with E-state index in [1.165, 1.54) is 43.4 Å². The second-order valence-corrected chi connectivity index (χ2v) is 18.0. The Balaban J connectivity index is 1.38. The zero-order valence-electron chi connectivity index (χ0n) is 39.0. The Bertz CT molecular complexity index is 2230. The number of nitrogens with two attached hydrogens (primary N) is 2. The van der Waals surface area contributed by atoms with Gasteiger partial charge >= 0.3 is 18.2 Å². The van der Waals surface area contributed by atoms with Crippen LogP contribution in [0.3, 0.4) is 0 Å². The molecule has 0 saturated carbocycles. The molecule has 366 valence electrons. The number of methoxy groups -OCH3 is 2. The number of amides is 7. The molecule has 0 aromatic heterocycles. The van der Waals surface area contributed by atoms with E-state index >= 15 is 0 Å². The molecular weight excluding hydrogens is 892 g/mol. The maximum atomic E-state index is 14.3. The molecule has 2 saturated heterocycles. The van der Waals surface area contributed by atoms with Gasteiger partial charge in [-0.2, -0.15) is 0 Å². The molecule has 0 spiro atoms. The molecule has 0 unspecified atom stereocenters. The van der Waals surface area contributed by atoms with Crippen LogP contribution in [0.5, 0.6) is 5.75 Å². The molecule has 3 aliphatic rings. The quantitative estimate of drug-likeness (QED) is 0.103. The van der Waals surface area contributed by atoms with Crippen LogP contribution in [0.1, 0.15) is 65.9 Å². The Morgan fingerprint density at radius 3 is 2.37 bits per heavy atom. The van der Waals surface area contributed by atoms with E-state index in [0.717, 1.165) is 11.1 Å². The summed E-state index contributed by atoms with van der Waals surface area (Å²) in [5.41, 5.74) is 10.6. The molecule has 2 aromatic carbocycles. The molecule has 9 atom stereocenters. The number of anilines is 3. The van der Waals surface area contributed by atoms with E-state index in [2.05, 4.69) is 26.6 Å². The van der Waals surface area contributed by atoms with E-state index in [9.17, 15) is 33.9 Å². The van der Waals surface area contributed by atoms with Crippen LogP contribution in [0.15, 0.2) is 60.2 Å². The number of allylic oxidation sites excluding steroid dienone is 3. The molecule has 7 amide bonds. The largest absolute Gasteiger partial charge is 0.495 e. The van der Waals surface area contributed by atoms with Gasteiger partial charge in [-0.3, -0.25) is 25.0 Å². The van der Waals surface area contributed by atoms with Crippen molar-refractivity contribution in [2.75, 3.05) is 43.3 Å². The van der Waals surface area contributed by atoms with Crippen molar-refractivity contribution in [3.63, 3.8) is 0 Å². The number of hydrogen-bond donors (Lipinski definition) is 8. The van der Waals surface area contributed by atoms with Crippen molar-refractivity contribution in [3.8, 4) is 5.75 Å². The van der Waals surface area contributed by atoms with Gasteiger partial charge in [0.2, 0.25) is 17.7 Å². The van der Waals surface area contributed by atoms with E-state index in [1.54, 1.807) is 59.0 Å². The highest BCUT2D eigenvalue weighted by atomic mass is 35.5. The summed E-state index contributed by atoms with van der Waals surface area (Å²) in [5.74, 6) is -1.97. The van der Waals surface area contributed by atoms with Crippen molar-refractivity contribution in [2.24, 2.45) is 23.3 Å². The first-order valence-electron chi connectivity index (χ1n) is 22.0. The Kier molecular flexibility index (Phi) is 17.3. The summed E-state index contributed by atoms with van der Waals surface area (Å²) < 4.78 is 29.2. The number of nitrogens with zero attached hydrogens (tertiary/aromatic N) is 1. The van der Waals surface area contributed by atoms with Crippen molar-refractivity contribution in [1.82, 2.24) is 16.0 Å². The SMILES string of the molecule is COc1cc2cc(c1Cl)N(C)C(=O)C[C@H](OC(=O)Nc1ccc(NC(=O)[C@H](CCCNC(N)=O)NC(=O)[C@@H](N)C(C)C)cc1)[C@]1(C)O[C@H]1[C@H](C)[C@@H]1C[C@@](O)(NC(=O)O1)[C@H](OC)/C=C/C=C(\C)C2. The number of benzene rings is 2. The fourth-order valence-corrected chi connectivity index (χ4v) is 8.42. The van der Waals surface area contributed by atoms with E-state index in [0.29, 0.717) is 30.0 Å². The number of aliphatic hydroxyl groups is 1. The first-order chi connectivity index (χ1) is 31.6. The zero-order valence-corrected chi connectivity index (χ0v) is 39.7. The molecule has 4 bridgehead atoms. The third-order valence-corrected chi connectivity index (χ3v) is 12.6. The summed E-state index contributed by atoms with van der Waals surface area (Å²) in [7, 11) is 4.43. The van der Waals surface area contributed by atoms with Gasteiger partial charge < -0.3 is 61.1 Å². The minimum atomic E-state index is -1.87. The van der Waals surface area contributed by atoms with Crippen molar-refractivity contribution in [1.29, 1.82) is 0 Å². The molecule has 2 aromatic rings. The number of carbonyl (C=O) groups is 6. The highest BCUT2D eigenvalue weighted by molar-refractivity contribution is 6.35. The second kappa shape index (κ2) is 22.2. The van der Waals surface area contributed by atoms with E-state index in [1.807, 2.05) is 13.0 Å². The topological polar surface area (TPSA) is 288 Å². The van der Waals surface area contributed by atoms with Crippen LogP contribution in [0, 0.1) is 11.8 Å². The van der Waals surface area contributed by atoms with Crippen molar-refractivity contribution in [2.45, 2.75) is 115 Å². The average molecular weight is 956 g/mol. The minimum Gasteiger partial charge on any atom is -0.495 e. The lowest BCUT2D eigenvalue weighted by molar-refractivity contribution is -0.142. The van der Waals surface area contributed by atoms with Crippen LogP contribution in [0.25, 0.3) is 0 Å². The number of epoxide rings is 1. The Morgan fingerprint density at radius 1 is 1.07 bits per heavy atom. The highest BCUT2D eigenvalue weighted by Gasteiger charge is 2.64. The number of nitrogens with one attached hydrogen (secondary N) is 5. The lowest BCUT2D eigenvalue weighted by Gasteiger charge is -2.42. The number of hydrogen-bond acceptors (Lipinski definition) is 13.